The lowest BCUT2D eigenvalue weighted by molar-refractivity contribution is -0.140. The Hall–Kier alpha value is -2.17. The molecule has 0 amide bonds. The summed E-state index contributed by atoms with van der Waals surface area (Å²) >= 11 is -2.02. The highest BCUT2D eigenvalue weighted by atomic mass is 32.2. The summed E-state index contributed by atoms with van der Waals surface area (Å²) < 4.78 is 87.0. The minimum atomic E-state index is -5.17. The van der Waals surface area contributed by atoms with Crippen molar-refractivity contribution in [3.63, 3.8) is 0 Å². The highest BCUT2D eigenvalue weighted by molar-refractivity contribution is 7.90. The van der Waals surface area contributed by atoms with Gasteiger partial charge in [0, 0.05) is 22.5 Å². The van der Waals surface area contributed by atoms with Gasteiger partial charge in [0.1, 0.15) is 16.4 Å². The highest BCUT2D eigenvalue weighted by Gasteiger charge is 2.41. The van der Waals surface area contributed by atoms with Crippen LogP contribution in [0, 0.1) is 25.5 Å². The number of carbonyl (C=O) groups is 1. The van der Waals surface area contributed by atoms with Crippen LogP contribution in [-0.4, -0.2) is 20.4 Å². The van der Waals surface area contributed by atoms with Crippen LogP contribution in [0.4, 0.5) is 22.0 Å². The van der Waals surface area contributed by atoms with Gasteiger partial charge < -0.3 is 9.66 Å². The van der Waals surface area contributed by atoms with Gasteiger partial charge in [0.15, 0.2) is 0 Å². The maximum atomic E-state index is 16.0. The van der Waals surface area contributed by atoms with Crippen molar-refractivity contribution in [3.05, 3.63) is 57.7 Å². The Labute approximate surface area is 204 Å². The number of hydrogen-bond donors (Lipinski definition) is 2. The van der Waals surface area contributed by atoms with Crippen molar-refractivity contribution in [2.45, 2.75) is 76.8 Å². The van der Waals surface area contributed by atoms with E-state index in [2.05, 4.69) is 4.72 Å². The van der Waals surface area contributed by atoms with Crippen LogP contribution in [-0.2, 0) is 22.3 Å². The number of carboxylic acids is 1. The van der Waals surface area contributed by atoms with E-state index in [4.69, 9.17) is 0 Å². The molecule has 0 heterocycles. The van der Waals surface area contributed by atoms with E-state index in [-0.39, 0.29) is 11.5 Å². The van der Waals surface area contributed by atoms with Gasteiger partial charge in [-0.05, 0) is 81.7 Å². The Kier molecular flexibility index (Phi) is 7.60. The van der Waals surface area contributed by atoms with E-state index in [1.54, 1.807) is 19.9 Å². The molecule has 0 radical (unpaired) electrons. The zero-order valence-corrected chi connectivity index (χ0v) is 20.9. The Morgan fingerprint density at radius 3 is 2.26 bits per heavy atom. The highest BCUT2D eigenvalue weighted by Crippen LogP contribution is 2.46. The van der Waals surface area contributed by atoms with E-state index in [1.807, 2.05) is 6.07 Å². The zero-order valence-electron chi connectivity index (χ0n) is 20.1. The first-order chi connectivity index (χ1) is 16.0. The lowest BCUT2D eigenvalue weighted by Crippen LogP contribution is -2.42. The van der Waals surface area contributed by atoms with Crippen LogP contribution in [0.15, 0.2) is 18.2 Å². The fraction of sp³-hybridized carbons (Fsp3) is 0.480. The van der Waals surface area contributed by atoms with Gasteiger partial charge in [-0.25, -0.2) is 8.78 Å². The van der Waals surface area contributed by atoms with Crippen LogP contribution >= 0.6 is 0 Å². The molecule has 1 aliphatic rings. The van der Waals surface area contributed by atoms with Gasteiger partial charge in [-0.2, -0.15) is 13.2 Å². The molecule has 1 aliphatic carbocycles. The Morgan fingerprint density at radius 2 is 1.77 bits per heavy atom. The Balaban J connectivity index is 2.33. The molecule has 2 aromatic rings. The van der Waals surface area contributed by atoms with E-state index in [9.17, 15) is 27.6 Å². The zero-order chi connectivity index (χ0) is 26.5. The summed E-state index contributed by atoms with van der Waals surface area (Å²) in [6.07, 6.45) is -4.32. The second-order valence-electron chi connectivity index (χ2n) is 9.91. The lowest BCUT2D eigenvalue weighted by atomic mass is 9.87. The SMILES string of the molecule is Cc1ccc(C2CC2)c(C)c1-c1cc(C(F)(F)F)c(F)c([C@H](CC(=O)O)N[S@+]([O-])C(C)(C)C)c1F. The summed E-state index contributed by atoms with van der Waals surface area (Å²) in [7, 11) is 0. The van der Waals surface area contributed by atoms with Crippen LogP contribution in [0.25, 0.3) is 11.1 Å². The topological polar surface area (TPSA) is 72.4 Å². The number of alkyl halides is 3. The summed E-state index contributed by atoms with van der Waals surface area (Å²) in [6.45, 7) is 7.92. The predicted molar refractivity (Wildman–Crippen MR) is 124 cm³/mol. The minimum Gasteiger partial charge on any atom is -0.598 e. The summed E-state index contributed by atoms with van der Waals surface area (Å²) in [5.41, 5.74) is -1.08. The first-order valence-corrected chi connectivity index (χ1v) is 12.3. The monoisotopic (exact) mass is 517 g/mol. The van der Waals surface area contributed by atoms with Crippen molar-refractivity contribution in [2.75, 3.05) is 0 Å². The fourth-order valence-corrected chi connectivity index (χ4v) is 4.96. The van der Waals surface area contributed by atoms with Crippen molar-refractivity contribution in [1.82, 2.24) is 4.72 Å². The van der Waals surface area contributed by atoms with Crippen LogP contribution in [0.3, 0.4) is 0 Å². The van der Waals surface area contributed by atoms with Gasteiger partial charge in [0.25, 0.3) is 0 Å². The molecule has 0 aromatic heterocycles. The molecule has 0 saturated heterocycles. The van der Waals surface area contributed by atoms with Crippen molar-refractivity contribution in [3.8, 4) is 11.1 Å². The minimum absolute atomic E-state index is 0.213. The number of rotatable bonds is 7. The smallest absolute Gasteiger partial charge is 0.419 e. The van der Waals surface area contributed by atoms with E-state index in [1.165, 1.54) is 20.8 Å². The van der Waals surface area contributed by atoms with E-state index in [0.717, 1.165) is 18.4 Å². The molecular formula is C25H28F5NO3S. The van der Waals surface area contributed by atoms with Gasteiger partial charge >= 0.3 is 12.1 Å². The van der Waals surface area contributed by atoms with Crippen LogP contribution in [0.5, 0.6) is 0 Å². The molecule has 0 spiro atoms. The Bertz CT molecular complexity index is 1140. The molecule has 35 heavy (non-hydrogen) atoms. The van der Waals surface area contributed by atoms with E-state index < -0.39 is 69.0 Å². The maximum absolute atomic E-state index is 16.0. The number of benzene rings is 2. The second-order valence-corrected chi connectivity index (χ2v) is 11.9. The molecule has 1 saturated carbocycles. The number of nitrogens with one attached hydrogen (secondary N) is 1. The molecule has 0 unspecified atom stereocenters. The molecule has 0 aliphatic heterocycles. The fourth-order valence-electron chi connectivity index (χ4n) is 4.15. The third-order valence-corrected chi connectivity index (χ3v) is 7.69. The predicted octanol–water partition coefficient (Wildman–Crippen LogP) is 6.71. The van der Waals surface area contributed by atoms with Crippen LogP contribution in [0.2, 0.25) is 0 Å². The average Bonchev–Trinajstić information content (AvgIpc) is 3.52. The van der Waals surface area contributed by atoms with Crippen LogP contribution in [0.1, 0.15) is 79.8 Å². The molecule has 192 valence electrons. The number of hydrogen-bond acceptors (Lipinski definition) is 3. The first kappa shape index (κ1) is 27.4. The summed E-state index contributed by atoms with van der Waals surface area (Å²) in [4.78, 5) is 11.5. The number of aliphatic carboxylic acids is 1. The molecule has 0 bridgehead atoms. The summed E-state index contributed by atoms with van der Waals surface area (Å²) in [6, 6.07) is 2.19. The normalized spacial score (nSPS) is 16.3. The summed E-state index contributed by atoms with van der Waals surface area (Å²) in [5.74, 6) is -4.51. The van der Waals surface area contributed by atoms with Crippen molar-refractivity contribution in [1.29, 1.82) is 0 Å². The van der Waals surface area contributed by atoms with Gasteiger partial charge in [-0.3, -0.25) is 4.79 Å². The average molecular weight is 518 g/mol. The number of halogens is 5. The second kappa shape index (κ2) is 9.71. The third-order valence-electron chi connectivity index (χ3n) is 6.07. The van der Waals surface area contributed by atoms with Crippen molar-refractivity contribution >= 4 is 17.3 Å². The van der Waals surface area contributed by atoms with Gasteiger partial charge in [0.2, 0.25) is 0 Å². The van der Waals surface area contributed by atoms with Crippen molar-refractivity contribution in [2.24, 2.45) is 0 Å². The molecule has 1 fully saturated rings. The van der Waals surface area contributed by atoms with Gasteiger partial charge in [-0.1, -0.05) is 12.1 Å². The van der Waals surface area contributed by atoms with Crippen molar-refractivity contribution < 1.29 is 36.4 Å². The molecule has 4 nitrogen and oxygen atoms in total. The van der Waals surface area contributed by atoms with E-state index in [0.29, 0.717) is 17.2 Å². The van der Waals surface area contributed by atoms with Crippen LogP contribution < -0.4 is 4.72 Å². The molecular weight excluding hydrogens is 489 g/mol. The molecule has 2 atom stereocenters. The maximum Gasteiger partial charge on any atom is 0.419 e. The molecule has 10 heteroatoms. The molecule has 2 N–H and O–H groups in total. The molecule has 3 rings (SSSR count). The van der Waals surface area contributed by atoms with E-state index >= 15 is 8.78 Å². The number of carboxylic acid groups (broad SMARTS) is 1. The third kappa shape index (κ3) is 5.81. The lowest BCUT2D eigenvalue weighted by Gasteiger charge is -2.29. The van der Waals surface area contributed by atoms with Gasteiger partial charge in [0.05, 0.1) is 18.0 Å². The molecule has 2 aromatic carbocycles. The van der Waals surface area contributed by atoms with Gasteiger partial charge in [-0.15, -0.1) is 4.72 Å². The first-order valence-electron chi connectivity index (χ1n) is 11.1. The quantitative estimate of drug-likeness (QED) is 0.316. The Morgan fingerprint density at radius 1 is 1.17 bits per heavy atom. The number of aryl methyl sites for hydroxylation is 1. The summed E-state index contributed by atoms with van der Waals surface area (Å²) in [5, 5.41) is 9.34. The largest absolute Gasteiger partial charge is 0.598 e. The standard InChI is InChI=1S/C25H28F5NO3S/c1-12-6-9-15(14-7-8-14)13(2)20(12)16-10-17(25(28,29)30)23(27)21(22(16)26)18(11-19(32)33)31-35(34)24(3,4)5/h6,9-10,14,18,31H,7-8,11H2,1-5H3,(H,32,33)/t18-,35+/m0/s1.